The molecule has 2 heterocycles. The number of amides is 1. The molecule has 1 N–H and O–H groups in total. The molecule has 0 saturated carbocycles. The Balaban J connectivity index is 1.66. The monoisotopic (exact) mass is 426 g/mol. The van der Waals surface area contributed by atoms with Gasteiger partial charge in [-0.05, 0) is 42.7 Å². The van der Waals surface area contributed by atoms with Gasteiger partial charge in [0.05, 0.1) is 23.9 Å². The molecule has 4 rings (SSSR count). The second kappa shape index (κ2) is 9.06. The smallest absolute Gasteiger partial charge is 0.282 e. The van der Waals surface area contributed by atoms with E-state index >= 15 is 0 Å². The summed E-state index contributed by atoms with van der Waals surface area (Å²) < 4.78 is 5.30. The molecule has 0 unspecified atom stereocenters. The molecule has 0 aliphatic carbocycles. The molecule has 158 valence electrons. The van der Waals surface area contributed by atoms with Gasteiger partial charge in [0.2, 0.25) is 0 Å². The van der Waals surface area contributed by atoms with Crippen molar-refractivity contribution in [3.63, 3.8) is 0 Å². The fourth-order valence-corrected chi connectivity index (χ4v) is 4.38. The number of halogens is 1. The van der Waals surface area contributed by atoms with Crippen LogP contribution in [0.4, 0.5) is 5.69 Å². The van der Waals surface area contributed by atoms with E-state index in [0.29, 0.717) is 10.7 Å². The number of para-hydroxylation sites is 1. The summed E-state index contributed by atoms with van der Waals surface area (Å²) in [4.78, 5) is 13.1. The molecule has 0 aromatic heterocycles. The number of anilines is 1. The van der Waals surface area contributed by atoms with Crippen molar-refractivity contribution in [2.75, 3.05) is 25.2 Å². The average molecular weight is 427 g/mol. The van der Waals surface area contributed by atoms with E-state index in [1.165, 1.54) is 6.42 Å². The Labute approximate surface area is 182 Å². The van der Waals surface area contributed by atoms with Crippen LogP contribution in [0.5, 0.6) is 5.75 Å². The van der Waals surface area contributed by atoms with E-state index < -0.39 is 0 Å². The summed E-state index contributed by atoms with van der Waals surface area (Å²) in [6, 6.07) is 15.3. The van der Waals surface area contributed by atoms with Gasteiger partial charge in [0, 0.05) is 19.0 Å². The minimum Gasteiger partial charge on any atom is -0.497 e. The molecule has 7 heteroatoms. The lowest BCUT2D eigenvalue weighted by Crippen LogP contribution is -2.48. The Morgan fingerprint density at radius 1 is 1.10 bits per heavy atom. The number of hydrazone groups is 1. The number of hydrazine groups is 1. The molecule has 2 atom stereocenters. The van der Waals surface area contributed by atoms with Gasteiger partial charge in [0.25, 0.3) is 5.91 Å². The highest BCUT2D eigenvalue weighted by Crippen LogP contribution is 2.41. The van der Waals surface area contributed by atoms with E-state index in [-0.39, 0.29) is 17.9 Å². The predicted octanol–water partition coefficient (Wildman–Crippen LogP) is 4.42. The first-order chi connectivity index (χ1) is 14.6. The van der Waals surface area contributed by atoms with Crippen molar-refractivity contribution >= 4 is 28.9 Å². The third-order valence-corrected chi connectivity index (χ3v) is 6.11. The van der Waals surface area contributed by atoms with Crippen LogP contribution in [0.2, 0.25) is 5.02 Å². The lowest BCUT2D eigenvalue weighted by Gasteiger charge is -2.28. The van der Waals surface area contributed by atoms with E-state index in [9.17, 15) is 4.79 Å². The number of nitrogens with one attached hydrogen (secondary N) is 1. The first kappa shape index (κ1) is 20.7. The molecule has 1 amide bonds. The Hall–Kier alpha value is -2.57. The van der Waals surface area contributed by atoms with Crippen LogP contribution in [0.25, 0.3) is 0 Å². The molecule has 1 saturated heterocycles. The van der Waals surface area contributed by atoms with Crippen LogP contribution in [-0.2, 0) is 4.79 Å². The van der Waals surface area contributed by atoms with Crippen LogP contribution in [0, 0.1) is 5.92 Å². The third-order valence-electron chi connectivity index (χ3n) is 5.79. The predicted molar refractivity (Wildman–Crippen MR) is 120 cm³/mol. The normalized spacial score (nSPS) is 22.0. The Morgan fingerprint density at radius 3 is 2.47 bits per heavy atom. The summed E-state index contributed by atoms with van der Waals surface area (Å²) in [5.74, 6) is 0.537. The van der Waals surface area contributed by atoms with Crippen molar-refractivity contribution in [2.45, 2.75) is 32.2 Å². The van der Waals surface area contributed by atoms with Gasteiger partial charge in [-0.3, -0.25) is 15.2 Å². The van der Waals surface area contributed by atoms with Gasteiger partial charge in [-0.25, -0.2) is 5.01 Å². The number of carbonyl (C=O) groups is 1. The second-order valence-corrected chi connectivity index (χ2v) is 8.18. The van der Waals surface area contributed by atoms with Gasteiger partial charge in [0.1, 0.15) is 11.5 Å². The zero-order valence-corrected chi connectivity index (χ0v) is 18.1. The number of piperidine rings is 1. The van der Waals surface area contributed by atoms with E-state index in [2.05, 4.69) is 5.43 Å². The number of methoxy groups -OCH3 is 1. The Morgan fingerprint density at radius 2 is 1.80 bits per heavy atom. The molecule has 2 aromatic rings. The SMILES string of the molecule is COc1ccc([C@@H]2[C@@H](C)C(C(=O)NN3CCCCC3)=NN2c2ccccc2Cl)cc1. The van der Waals surface area contributed by atoms with Crippen LogP contribution in [0.1, 0.15) is 37.8 Å². The second-order valence-electron chi connectivity index (χ2n) is 7.78. The molecule has 0 radical (unpaired) electrons. The van der Waals surface area contributed by atoms with Crippen molar-refractivity contribution in [2.24, 2.45) is 11.0 Å². The average Bonchev–Trinajstić information content (AvgIpc) is 3.12. The fraction of sp³-hybridized carbons (Fsp3) is 0.391. The maximum absolute atomic E-state index is 13.1. The highest BCUT2D eigenvalue weighted by molar-refractivity contribution is 6.40. The quantitative estimate of drug-likeness (QED) is 0.768. The van der Waals surface area contributed by atoms with Gasteiger partial charge >= 0.3 is 0 Å². The topological polar surface area (TPSA) is 57.2 Å². The minimum atomic E-state index is -0.141. The molecule has 30 heavy (non-hydrogen) atoms. The van der Waals surface area contributed by atoms with Crippen molar-refractivity contribution in [1.29, 1.82) is 0 Å². The number of hydrogen-bond acceptors (Lipinski definition) is 5. The molecule has 2 aromatic carbocycles. The van der Waals surface area contributed by atoms with E-state index in [1.807, 2.05) is 65.5 Å². The van der Waals surface area contributed by atoms with Crippen molar-refractivity contribution in [1.82, 2.24) is 10.4 Å². The standard InChI is InChI=1S/C23H27ClN4O2/c1-16-21(23(29)26-27-14-6-3-7-15-27)25-28(20-9-5-4-8-19(20)24)22(16)17-10-12-18(30-2)13-11-17/h4-5,8-13,16,22H,3,6-7,14-15H2,1-2H3,(H,26,29)/t16-,22-/m0/s1. The summed E-state index contributed by atoms with van der Waals surface area (Å²) in [5, 5.41) is 9.24. The summed E-state index contributed by atoms with van der Waals surface area (Å²) in [6.45, 7) is 3.80. The first-order valence-corrected chi connectivity index (χ1v) is 10.8. The van der Waals surface area contributed by atoms with Gasteiger partial charge < -0.3 is 4.74 Å². The molecule has 0 bridgehead atoms. The zero-order chi connectivity index (χ0) is 21.1. The third kappa shape index (κ3) is 4.16. The molecule has 2 aliphatic rings. The summed E-state index contributed by atoms with van der Waals surface area (Å²) in [6.07, 6.45) is 3.41. The number of ether oxygens (including phenoxy) is 1. The molecule has 0 spiro atoms. The number of nitrogens with zero attached hydrogens (tertiary/aromatic N) is 3. The van der Waals surface area contributed by atoms with E-state index in [4.69, 9.17) is 21.4 Å². The molecular weight excluding hydrogens is 400 g/mol. The van der Waals surface area contributed by atoms with Crippen molar-refractivity contribution in [3.8, 4) is 5.75 Å². The molecular formula is C23H27ClN4O2. The van der Waals surface area contributed by atoms with Crippen molar-refractivity contribution in [3.05, 3.63) is 59.1 Å². The molecule has 1 fully saturated rings. The summed E-state index contributed by atoms with van der Waals surface area (Å²) in [5.41, 5.74) is 5.40. The van der Waals surface area contributed by atoms with Crippen LogP contribution < -0.4 is 15.2 Å². The van der Waals surface area contributed by atoms with Gasteiger partial charge in [-0.1, -0.05) is 49.2 Å². The summed E-state index contributed by atoms with van der Waals surface area (Å²) >= 11 is 6.50. The van der Waals surface area contributed by atoms with Crippen LogP contribution in [0.3, 0.4) is 0 Å². The zero-order valence-electron chi connectivity index (χ0n) is 17.3. The number of hydrogen-bond donors (Lipinski definition) is 1. The van der Waals surface area contributed by atoms with Gasteiger partial charge in [-0.2, -0.15) is 5.10 Å². The lowest BCUT2D eigenvalue weighted by atomic mass is 9.91. The number of rotatable bonds is 5. The number of carbonyl (C=O) groups excluding carboxylic acids is 1. The highest BCUT2D eigenvalue weighted by atomic mass is 35.5. The summed E-state index contributed by atoms with van der Waals surface area (Å²) in [7, 11) is 1.65. The van der Waals surface area contributed by atoms with Gasteiger partial charge in [-0.15, -0.1) is 0 Å². The number of benzene rings is 2. The Kier molecular flexibility index (Phi) is 6.25. The largest absolute Gasteiger partial charge is 0.497 e. The maximum Gasteiger partial charge on any atom is 0.282 e. The van der Waals surface area contributed by atoms with Crippen LogP contribution in [0.15, 0.2) is 53.6 Å². The molecule has 6 nitrogen and oxygen atoms in total. The first-order valence-electron chi connectivity index (χ1n) is 10.4. The Bertz CT molecular complexity index is 925. The van der Waals surface area contributed by atoms with Crippen LogP contribution >= 0.6 is 11.6 Å². The van der Waals surface area contributed by atoms with E-state index in [1.54, 1.807) is 7.11 Å². The maximum atomic E-state index is 13.1. The van der Waals surface area contributed by atoms with Crippen LogP contribution in [-0.4, -0.2) is 36.8 Å². The van der Waals surface area contributed by atoms with Crippen molar-refractivity contribution < 1.29 is 9.53 Å². The fourth-order valence-electron chi connectivity index (χ4n) is 4.16. The molecule has 2 aliphatic heterocycles. The van der Waals surface area contributed by atoms with E-state index in [0.717, 1.165) is 42.9 Å². The van der Waals surface area contributed by atoms with Gasteiger partial charge in [0.15, 0.2) is 0 Å². The lowest BCUT2D eigenvalue weighted by molar-refractivity contribution is -0.120. The minimum absolute atomic E-state index is 0.112. The highest BCUT2D eigenvalue weighted by Gasteiger charge is 2.40.